The van der Waals surface area contributed by atoms with Crippen LogP contribution >= 0.6 is 15.9 Å². The number of nitrogens with one attached hydrogen (secondary N) is 1. The lowest BCUT2D eigenvalue weighted by Gasteiger charge is -2.32. The lowest BCUT2D eigenvalue weighted by Crippen LogP contribution is -2.43. The molecule has 74 valence electrons. The van der Waals surface area contributed by atoms with Crippen LogP contribution in [0.1, 0.15) is 12.8 Å². The van der Waals surface area contributed by atoms with Gasteiger partial charge >= 0.3 is 0 Å². The normalized spacial score (nSPS) is 26.3. The molecule has 3 nitrogen and oxygen atoms in total. The Morgan fingerprint density at radius 1 is 1.50 bits per heavy atom. The van der Waals surface area contributed by atoms with Gasteiger partial charge in [-0.3, -0.25) is 0 Å². The molecule has 1 spiro atoms. The average Bonchev–Trinajstić information content (AvgIpc) is 2.89. The summed E-state index contributed by atoms with van der Waals surface area (Å²) in [6, 6.07) is 5.76. The van der Waals surface area contributed by atoms with E-state index in [-0.39, 0.29) is 5.60 Å². The molecule has 3 rings (SSSR count). The molecule has 2 aliphatic rings. The first-order chi connectivity index (χ1) is 6.70. The quantitative estimate of drug-likeness (QED) is 0.746. The van der Waals surface area contributed by atoms with Crippen molar-refractivity contribution >= 4 is 21.6 Å². The van der Waals surface area contributed by atoms with Crippen molar-refractivity contribution < 1.29 is 9.84 Å². The zero-order valence-corrected chi connectivity index (χ0v) is 9.04. The highest BCUT2D eigenvalue weighted by atomic mass is 79.9. The van der Waals surface area contributed by atoms with E-state index in [4.69, 9.17) is 4.74 Å². The topological polar surface area (TPSA) is 41.5 Å². The number of rotatable bonds is 0. The molecular formula is C10H10BrNO2. The largest absolute Gasteiger partial charge is 0.480 e. The summed E-state index contributed by atoms with van der Waals surface area (Å²) in [5, 5.41) is 12.8. The third-order valence-corrected chi connectivity index (χ3v) is 3.28. The lowest BCUT2D eigenvalue weighted by atomic mass is 10.2. The van der Waals surface area contributed by atoms with E-state index in [2.05, 4.69) is 21.2 Å². The molecule has 4 heteroatoms. The molecule has 0 radical (unpaired) electrons. The number of hydrogen-bond donors (Lipinski definition) is 2. The molecule has 1 aromatic rings. The predicted molar refractivity (Wildman–Crippen MR) is 56.4 cm³/mol. The third kappa shape index (κ3) is 1.14. The maximum atomic E-state index is 9.79. The predicted octanol–water partition coefficient (Wildman–Crippen LogP) is 2.10. The van der Waals surface area contributed by atoms with Crippen molar-refractivity contribution in [2.24, 2.45) is 0 Å². The summed E-state index contributed by atoms with van der Waals surface area (Å²) in [5.41, 5.74) is 0.505. The average molecular weight is 256 g/mol. The van der Waals surface area contributed by atoms with Crippen molar-refractivity contribution in [3.05, 3.63) is 22.7 Å². The smallest absolute Gasteiger partial charge is 0.164 e. The molecule has 1 unspecified atom stereocenters. The zero-order chi connectivity index (χ0) is 9.76. The molecule has 1 aromatic carbocycles. The number of hydrogen-bond acceptors (Lipinski definition) is 3. The van der Waals surface area contributed by atoms with E-state index >= 15 is 0 Å². The van der Waals surface area contributed by atoms with E-state index in [0.717, 1.165) is 28.8 Å². The van der Waals surface area contributed by atoms with Gasteiger partial charge in [0.05, 0.1) is 5.69 Å². The Labute approximate surface area is 90.2 Å². The van der Waals surface area contributed by atoms with Crippen LogP contribution in [0.25, 0.3) is 0 Å². The molecular weight excluding hydrogens is 246 g/mol. The van der Waals surface area contributed by atoms with Crippen molar-refractivity contribution in [3.8, 4) is 5.75 Å². The van der Waals surface area contributed by atoms with E-state index in [1.165, 1.54) is 0 Å². The Hall–Kier alpha value is -0.740. The fraction of sp³-hybridized carbons (Fsp3) is 0.400. The highest BCUT2D eigenvalue weighted by Gasteiger charge is 2.54. The van der Waals surface area contributed by atoms with Crippen molar-refractivity contribution in [1.82, 2.24) is 0 Å². The molecule has 1 fully saturated rings. The van der Waals surface area contributed by atoms with Gasteiger partial charge in [-0.2, -0.15) is 0 Å². The summed E-state index contributed by atoms with van der Waals surface area (Å²) in [7, 11) is 0. The summed E-state index contributed by atoms with van der Waals surface area (Å²) in [5.74, 6) is 0.830. The zero-order valence-electron chi connectivity index (χ0n) is 7.46. The lowest BCUT2D eigenvalue weighted by molar-refractivity contribution is 0.0261. The molecule has 1 aliphatic carbocycles. The van der Waals surface area contributed by atoms with Gasteiger partial charge in [0.2, 0.25) is 0 Å². The van der Waals surface area contributed by atoms with Crippen LogP contribution in [0.4, 0.5) is 5.69 Å². The Kier molecular flexibility index (Phi) is 1.61. The molecule has 0 amide bonds. The molecule has 1 heterocycles. The van der Waals surface area contributed by atoms with Crippen molar-refractivity contribution in [2.75, 3.05) is 5.32 Å². The number of aliphatic hydroxyl groups excluding tert-OH is 1. The second-order valence-corrected chi connectivity index (χ2v) is 4.77. The van der Waals surface area contributed by atoms with Crippen LogP contribution in [0.2, 0.25) is 0 Å². The third-order valence-electron chi connectivity index (χ3n) is 2.79. The number of halogens is 1. The minimum absolute atomic E-state index is 0.346. The van der Waals surface area contributed by atoms with Gasteiger partial charge in [-0.1, -0.05) is 15.9 Å². The van der Waals surface area contributed by atoms with Crippen LogP contribution in [-0.2, 0) is 0 Å². The number of ether oxygens (including phenoxy) is 1. The number of benzene rings is 1. The Balaban J connectivity index is 2.02. The molecule has 0 aromatic heterocycles. The van der Waals surface area contributed by atoms with Gasteiger partial charge in [0, 0.05) is 4.47 Å². The number of fused-ring (bicyclic) bond motifs is 1. The van der Waals surface area contributed by atoms with Crippen LogP contribution in [0.15, 0.2) is 22.7 Å². The van der Waals surface area contributed by atoms with Gasteiger partial charge < -0.3 is 15.2 Å². The van der Waals surface area contributed by atoms with Crippen molar-refractivity contribution in [2.45, 2.75) is 24.7 Å². The summed E-state index contributed by atoms with van der Waals surface area (Å²) >= 11 is 3.38. The SMILES string of the molecule is OC1Nc2cc(Br)ccc2OC12CC2. The maximum absolute atomic E-state index is 9.79. The van der Waals surface area contributed by atoms with Gasteiger partial charge in [-0.25, -0.2) is 0 Å². The van der Waals surface area contributed by atoms with E-state index in [1.807, 2.05) is 18.2 Å². The van der Waals surface area contributed by atoms with Gasteiger partial charge in [0.15, 0.2) is 11.8 Å². The van der Waals surface area contributed by atoms with Gasteiger partial charge in [-0.05, 0) is 31.0 Å². The number of aliphatic hydroxyl groups is 1. The van der Waals surface area contributed by atoms with E-state index in [0.29, 0.717) is 0 Å². The fourth-order valence-electron chi connectivity index (χ4n) is 1.76. The summed E-state index contributed by atoms with van der Waals surface area (Å²) in [6.07, 6.45) is 1.28. The van der Waals surface area contributed by atoms with Crippen LogP contribution in [-0.4, -0.2) is 16.9 Å². The van der Waals surface area contributed by atoms with Crippen LogP contribution in [0.5, 0.6) is 5.75 Å². The van der Waals surface area contributed by atoms with E-state index < -0.39 is 6.23 Å². The van der Waals surface area contributed by atoms with Crippen LogP contribution in [0, 0.1) is 0 Å². The van der Waals surface area contributed by atoms with Crippen molar-refractivity contribution in [1.29, 1.82) is 0 Å². The summed E-state index contributed by atoms with van der Waals surface area (Å²) in [6.45, 7) is 0. The minimum Gasteiger partial charge on any atom is -0.480 e. The summed E-state index contributed by atoms with van der Waals surface area (Å²) in [4.78, 5) is 0. The summed E-state index contributed by atoms with van der Waals surface area (Å²) < 4.78 is 6.74. The first-order valence-electron chi connectivity index (χ1n) is 4.63. The molecule has 0 bridgehead atoms. The Morgan fingerprint density at radius 2 is 2.29 bits per heavy atom. The molecule has 2 N–H and O–H groups in total. The Morgan fingerprint density at radius 3 is 3.00 bits per heavy atom. The maximum Gasteiger partial charge on any atom is 0.164 e. The monoisotopic (exact) mass is 255 g/mol. The number of anilines is 1. The first kappa shape index (κ1) is 8.56. The molecule has 0 saturated heterocycles. The van der Waals surface area contributed by atoms with Gasteiger partial charge in [0.25, 0.3) is 0 Å². The van der Waals surface area contributed by atoms with Gasteiger partial charge in [0.1, 0.15) is 5.75 Å². The molecule has 1 saturated carbocycles. The van der Waals surface area contributed by atoms with Crippen LogP contribution in [0.3, 0.4) is 0 Å². The highest BCUT2D eigenvalue weighted by Crippen LogP contribution is 2.48. The first-order valence-corrected chi connectivity index (χ1v) is 5.42. The van der Waals surface area contributed by atoms with Crippen LogP contribution < -0.4 is 10.1 Å². The standard InChI is InChI=1S/C10H10BrNO2/c11-6-1-2-8-7(5-6)12-9(13)10(14-8)3-4-10/h1-2,5,9,12-13H,3-4H2. The molecule has 1 aliphatic heterocycles. The van der Waals surface area contributed by atoms with E-state index in [9.17, 15) is 5.11 Å². The van der Waals surface area contributed by atoms with Crippen molar-refractivity contribution in [3.63, 3.8) is 0 Å². The van der Waals surface area contributed by atoms with E-state index in [1.54, 1.807) is 0 Å². The Bertz CT molecular complexity index is 390. The highest BCUT2D eigenvalue weighted by molar-refractivity contribution is 9.10. The van der Waals surface area contributed by atoms with Gasteiger partial charge in [-0.15, -0.1) is 0 Å². The molecule has 14 heavy (non-hydrogen) atoms. The second kappa shape index (κ2) is 2.64. The second-order valence-electron chi connectivity index (χ2n) is 3.85. The minimum atomic E-state index is -0.579. The molecule has 1 atom stereocenters. The fourth-order valence-corrected chi connectivity index (χ4v) is 2.12.